The average Bonchev–Trinajstić information content (AvgIpc) is 3.23. The molecule has 1 unspecified atom stereocenters. The van der Waals surface area contributed by atoms with Crippen LogP contribution < -0.4 is 0 Å². The molecule has 0 bridgehead atoms. The molecule has 0 aliphatic carbocycles. The maximum absolute atomic E-state index is 5.44. The molecule has 1 atom stereocenters. The normalized spacial score (nSPS) is 13.0. The summed E-state index contributed by atoms with van der Waals surface area (Å²) in [5.74, 6) is 0.852. The van der Waals surface area contributed by atoms with E-state index >= 15 is 0 Å². The first-order valence-electron chi connectivity index (χ1n) is 11.3. The Balaban J connectivity index is 2.01. The Bertz CT molecular complexity index is 1230. The largest absolute Gasteiger partial charge is 0.384 e. The highest BCUT2D eigenvalue weighted by Gasteiger charge is 2.24. The van der Waals surface area contributed by atoms with Crippen molar-refractivity contribution >= 4 is 27.1 Å². The molecule has 4 rings (SSSR count). The average molecular weight is 436 g/mol. The van der Waals surface area contributed by atoms with Gasteiger partial charge in [0.15, 0.2) is 5.65 Å². The van der Waals surface area contributed by atoms with E-state index in [1.165, 1.54) is 31.7 Å². The number of benzene rings is 1. The second-order valence-electron chi connectivity index (χ2n) is 8.65. The smallest absolute Gasteiger partial charge is 0.157 e. The van der Waals surface area contributed by atoms with Gasteiger partial charge in [-0.15, -0.1) is 11.3 Å². The number of methoxy groups -OCH3 is 1. The maximum atomic E-state index is 5.44. The van der Waals surface area contributed by atoms with Crippen LogP contribution in [0.3, 0.4) is 0 Å². The van der Waals surface area contributed by atoms with E-state index < -0.39 is 0 Å². The van der Waals surface area contributed by atoms with Crippen LogP contribution in [-0.4, -0.2) is 28.3 Å². The first-order valence-corrected chi connectivity index (χ1v) is 12.1. The molecule has 0 radical (unpaired) electrons. The Morgan fingerprint density at radius 1 is 1.10 bits per heavy atom. The van der Waals surface area contributed by atoms with Crippen molar-refractivity contribution in [1.29, 1.82) is 0 Å². The zero-order valence-electron chi connectivity index (χ0n) is 19.7. The van der Waals surface area contributed by atoms with Gasteiger partial charge in [-0.05, 0) is 51.2 Å². The van der Waals surface area contributed by atoms with E-state index in [0.29, 0.717) is 11.8 Å². The summed E-state index contributed by atoms with van der Waals surface area (Å²) in [6, 6.07) is 8.88. The summed E-state index contributed by atoms with van der Waals surface area (Å²) in [6.45, 7) is 13.9. The Morgan fingerprint density at radius 3 is 2.52 bits per heavy atom. The fourth-order valence-electron chi connectivity index (χ4n) is 4.88. The second-order valence-corrected chi connectivity index (χ2v) is 9.87. The van der Waals surface area contributed by atoms with Gasteiger partial charge < -0.3 is 4.74 Å². The van der Waals surface area contributed by atoms with Gasteiger partial charge in [-0.1, -0.05) is 39.0 Å². The van der Waals surface area contributed by atoms with Crippen molar-refractivity contribution in [3.05, 3.63) is 51.7 Å². The summed E-state index contributed by atoms with van der Waals surface area (Å²) in [6.07, 6.45) is 2.22. The molecule has 0 aliphatic heterocycles. The minimum absolute atomic E-state index is 0.352. The van der Waals surface area contributed by atoms with Gasteiger partial charge in [-0.25, -0.2) is 9.50 Å². The van der Waals surface area contributed by atoms with E-state index in [2.05, 4.69) is 70.3 Å². The molecule has 0 amide bonds. The summed E-state index contributed by atoms with van der Waals surface area (Å²) in [5.41, 5.74) is 8.17. The molecule has 0 N–H and O–H groups in total. The van der Waals surface area contributed by atoms with E-state index in [9.17, 15) is 0 Å². The summed E-state index contributed by atoms with van der Waals surface area (Å²) in [4.78, 5) is 6.36. The molecule has 1 aromatic carbocycles. The lowest BCUT2D eigenvalue weighted by Gasteiger charge is -2.15. The number of rotatable bonds is 7. The van der Waals surface area contributed by atoms with Crippen molar-refractivity contribution in [2.45, 2.75) is 66.2 Å². The molecule has 4 aromatic rings. The number of hydrogen-bond acceptors (Lipinski definition) is 4. The van der Waals surface area contributed by atoms with E-state index in [1.807, 2.05) is 11.3 Å². The fourth-order valence-corrected chi connectivity index (χ4v) is 6.16. The molecule has 0 spiro atoms. The number of aryl methyl sites for hydroxylation is 3. The minimum atomic E-state index is 0.352. The Morgan fingerprint density at radius 2 is 1.84 bits per heavy atom. The van der Waals surface area contributed by atoms with E-state index in [0.717, 1.165) is 42.2 Å². The van der Waals surface area contributed by atoms with E-state index in [4.69, 9.17) is 14.8 Å². The number of thiophene rings is 1. The monoisotopic (exact) mass is 435 g/mol. The van der Waals surface area contributed by atoms with Gasteiger partial charge in [0.25, 0.3) is 0 Å². The van der Waals surface area contributed by atoms with Gasteiger partial charge in [0.2, 0.25) is 0 Å². The summed E-state index contributed by atoms with van der Waals surface area (Å²) >= 11 is 1.87. The zero-order chi connectivity index (χ0) is 22.3. The molecule has 4 nitrogen and oxygen atoms in total. The van der Waals surface area contributed by atoms with Crippen LogP contribution in [0.15, 0.2) is 24.3 Å². The van der Waals surface area contributed by atoms with Gasteiger partial charge in [0.05, 0.1) is 23.7 Å². The lowest BCUT2D eigenvalue weighted by Crippen LogP contribution is -2.05. The maximum Gasteiger partial charge on any atom is 0.157 e. The molecule has 31 heavy (non-hydrogen) atoms. The number of imidazole rings is 1. The summed E-state index contributed by atoms with van der Waals surface area (Å²) in [7, 11) is 1.77. The Hall–Kier alpha value is -2.24. The van der Waals surface area contributed by atoms with Crippen molar-refractivity contribution in [2.24, 2.45) is 0 Å². The molecular weight excluding hydrogens is 402 g/mol. The Labute approximate surface area is 189 Å². The minimum Gasteiger partial charge on any atom is -0.384 e. The molecule has 3 aromatic heterocycles. The predicted octanol–water partition coefficient (Wildman–Crippen LogP) is 7.19. The molecule has 0 saturated carbocycles. The zero-order valence-corrected chi connectivity index (χ0v) is 20.6. The van der Waals surface area contributed by atoms with E-state index in [1.54, 1.807) is 7.11 Å². The number of fused-ring (bicyclic) bond motifs is 2. The first-order chi connectivity index (χ1) is 14.9. The van der Waals surface area contributed by atoms with Crippen molar-refractivity contribution < 1.29 is 4.74 Å². The molecule has 5 heteroatoms. The highest BCUT2D eigenvalue weighted by Crippen LogP contribution is 2.43. The number of ether oxygens (including phenoxy) is 1. The highest BCUT2D eigenvalue weighted by atomic mass is 32.1. The quantitative estimate of drug-likeness (QED) is 0.308. The van der Waals surface area contributed by atoms with Crippen molar-refractivity contribution in [3.8, 4) is 11.3 Å². The third kappa shape index (κ3) is 3.68. The van der Waals surface area contributed by atoms with Gasteiger partial charge in [0, 0.05) is 39.1 Å². The standard InChI is InChI=1S/C26H33N3OS/c1-8-19(9-2)22-13-16(4)28-29-24(17(5)27-26(22)29)23-18(6)31-25-20(15(3)14-30-7)11-10-12-21(23)25/h10-13,15,19H,8-9,14H2,1-7H3. The van der Waals surface area contributed by atoms with Crippen molar-refractivity contribution in [1.82, 2.24) is 14.6 Å². The van der Waals surface area contributed by atoms with Crippen molar-refractivity contribution in [3.63, 3.8) is 0 Å². The fraction of sp³-hybridized carbons (Fsp3) is 0.462. The van der Waals surface area contributed by atoms with Crippen LogP contribution in [0.1, 0.15) is 72.8 Å². The van der Waals surface area contributed by atoms with Crippen LogP contribution in [0.5, 0.6) is 0 Å². The van der Waals surface area contributed by atoms with Crippen LogP contribution >= 0.6 is 11.3 Å². The predicted molar refractivity (Wildman–Crippen MR) is 132 cm³/mol. The summed E-state index contributed by atoms with van der Waals surface area (Å²) < 4.78 is 8.90. The first kappa shape index (κ1) is 22.0. The van der Waals surface area contributed by atoms with Crippen LogP contribution in [0.2, 0.25) is 0 Å². The van der Waals surface area contributed by atoms with E-state index in [-0.39, 0.29) is 0 Å². The SMILES string of the molecule is CCC(CC)c1cc(C)nn2c(-c3c(C)sc4c(C(C)COC)cccc34)c(C)nc12. The second kappa shape index (κ2) is 8.71. The molecule has 0 fully saturated rings. The van der Waals surface area contributed by atoms with Crippen molar-refractivity contribution in [2.75, 3.05) is 13.7 Å². The molecule has 0 aliphatic rings. The van der Waals surface area contributed by atoms with Crippen LogP contribution in [0.4, 0.5) is 0 Å². The number of nitrogens with zero attached hydrogens (tertiary/aromatic N) is 3. The third-order valence-electron chi connectivity index (χ3n) is 6.44. The summed E-state index contributed by atoms with van der Waals surface area (Å²) in [5, 5.41) is 6.23. The van der Waals surface area contributed by atoms with Crippen LogP contribution in [0, 0.1) is 20.8 Å². The lowest BCUT2D eigenvalue weighted by molar-refractivity contribution is 0.184. The number of hydrogen-bond donors (Lipinski definition) is 0. The molecule has 0 saturated heterocycles. The highest BCUT2D eigenvalue weighted by molar-refractivity contribution is 7.19. The lowest BCUT2D eigenvalue weighted by atomic mass is 9.95. The van der Waals surface area contributed by atoms with Crippen LogP contribution in [-0.2, 0) is 4.74 Å². The van der Waals surface area contributed by atoms with Crippen LogP contribution in [0.25, 0.3) is 27.0 Å². The molecule has 3 heterocycles. The van der Waals surface area contributed by atoms with Gasteiger partial charge in [-0.2, -0.15) is 5.10 Å². The third-order valence-corrected chi connectivity index (χ3v) is 7.61. The number of aromatic nitrogens is 3. The van der Waals surface area contributed by atoms with Gasteiger partial charge >= 0.3 is 0 Å². The topological polar surface area (TPSA) is 39.4 Å². The van der Waals surface area contributed by atoms with Gasteiger partial charge in [0.1, 0.15) is 0 Å². The molecule has 164 valence electrons. The Kier molecular flexibility index (Phi) is 6.18. The molecular formula is C26H33N3OS. The van der Waals surface area contributed by atoms with Gasteiger partial charge in [-0.3, -0.25) is 0 Å².